The third kappa shape index (κ3) is 2.65. The number of aromatic carboxylic acids is 1. The van der Waals surface area contributed by atoms with E-state index in [-0.39, 0.29) is 11.6 Å². The summed E-state index contributed by atoms with van der Waals surface area (Å²) in [6, 6.07) is 1.44. The van der Waals surface area contributed by atoms with Crippen molar-refractivity contribution in [3.05, 3.63) is 18.0 Å². The lowest BCUT2D eigenvalue weighted by molar-refractivity contribution is -0.137. The maximum absolute atomic E-state index is 12.6. The summed E-state index contributed by atoms with van der Waals surface area (Å²) in [6.45, 7) is 5.36. The Morgan fingerprint density at radius 1 is 1.38 bits per heavy atom. The van der Waals surface area contributed by atoms with Gasteiger partial charge in [0.05, 0.1) is 0 Å². The van der Waals surface area contributed by atoms with Crippen molar-refractivity contribution >= 4 is 11.9 Å². The average molecular weight is 292 g/mol. The van der Waals surface area contributed by atoms with E-state index >= 15 is 0 Å². The van der Waals surface area contributed by atoms with E-state index in [1.54, 1.807) is 13.1 Å². The molecule has 3 heterocycles. The molecule has 2 unspecified atom stereocenters. The Morgan fingerprint density at radius 3 is 2.90 bits per heavy atom. The second-order valence-electron chi connectivity index (χ2n) is 5.78. The summed E-state index contributed by atoms with van der Waals surface area (Å²) < 4.78 is 1.44. The van der Waals surface area contributed by atoms with E-state index in [0.29, 0.717) is 6.04 Å². The Hall–Kier alpha value is -1.89. The summed E-state index contributed by atoms with van der Waals surface area (Å²) in [7, 11) is 0. The van der Waals surface area contributed by atoms with Gasteiger partial charge in [-0.3, -0.25) is 14.4 Å². The largest absolute Gasteiger partial charge is 0.476 e. The second-order valence-corrected chi connectivity index (χ2v) is 5.78. The number of rotatable bonds is 3. The molecule has 2 atom stereocenters. The van der Waals surface area contributed by atoms with Crippen LogP contribution in [0.15, 0.2) is 12.3 Å². The molecule has 1 aromatic heterocycles. The van der Waals surface area contributed by atoms with Gasteiger partial charge in [0.15, 0.2) is 5.69 Å². The first-order valence-corrected chi connectivity index (χ1v) is 7.37. The molecular formula is C14H20N4O3. The van der Waals surface area contributed by atoms with Gasteiger partial charge >= 0.3 is 5.97 Å². The lowest BCUT2D eigenvalue weighted by Crippen LogP contribution is -2.53. The Bertz CT molecular complexity index is 556. The van der Waals surface area contributed by atoms with Crippen molar-refractivity contribution in [3.63, 3.8) is 0 Å². The van der Waals surface area contributed by atoms with Gasteiger partial charge in [-0.15, -0.1) is 0 Å². The number of carbonyl (C=O) groups excluding carboxylic acids is 1. The van der Waals surface area contributed by atoms with Crippen LogP contribution in [0, 0.1) is 0 Å². The number of fused-ring (bicyclic) bond motifs is 1. The van der Waals surface area contributed by atoms with E-state index in [2.05, 4.69) is 10.00 Å². The molecule has 1 N–H and O–H groups in total. The van der Waals surface area contributed by atoms with Gasteiger partial charge in [-0.2, -0.15) is 5.10 Å². The number of carboxylic acid groups (broad SMARTS) is 1. The highest BCUT2D eigenvalue weighted by atomic mass is 16.4. The van der Waals surface area contributed by atoms with E-state index in [1.807, 2.05) is 4.90 Å². The van der Waals surface area contributed by atoms with Crippen LogP contribution in [0.2, 0.25) is 0 Å². The van der Waals surface area contributed by atoms with Gasteiger partial charge in [-0.05, 0) is 32.4 Å². The molecule has 2 fully saturated rings. The van der Waals surface area contributed by atoms with E-state index < -0.39 is 12.0 Å². The summed E-state index contributed by atoms with van der Waals surface area (Å²) >= 11 is 0. The minimum absolute atomic E-state index is 0.0154. The first kappa shape index (κ1) is 14.1. The van der Waals surface area contributed by atoms with Crippen LogP contribution in [-0.2, 0) is 4.79 Å². The Morgan fingerprint density at radius 2 is 2.19 bits per heavy atom. The molecular weight excluding hydrogens is 272 g/mol. The average Bonchev–Trinajstić information content (AvgIpc) is 3.13. The molecule has 2 aliphatic heterocycles. The van der Waals surface area contributed by atoms with Gasteiger partial charge in [0, 0.05) is 31.9 Å². The molecule has 2 saturated heterocycles. The number of carboxylic acids is 1. The highest BCUT2D eigenvalue weighted by Gasteiger charge is 2.34. The fraction of sp³-hybridized carbons (Fsp3) is 0.643. The Balaban J connectivity index is 1.67. The Labute approximate surface area is 123 Å². The van der Waals surface area contributed by atoms with Crippen molar-refractivity contribution in [3.8, 4) is 0 Å². The predicted octanol–water partition coefficient (Wildman–Crippen LogP) is 0.449. The molecule has 0 bridgehead atoms. The molecule has 2 aliphatic rings. The standard InChI is InChI=1S/C14H20N4O3/c1-10(18-6-4-12(15-18)14(20)21)13(19)17-8-7-16-5-2-3-11(16)9-17/h4,6,10-11H,2-3,5,7-9H2,1H3,(H,20,21). The molecule has 0 saturated carbocycles. The summed E-state index contributed by atoms with van der Waals surface area (Å²) in [4.78, 5) is 27.8. The summed E-state index contributed by atoms with van der Waals surface area (Å²) in [5.41, 5.74) is -0.0322. The third-order valence-corrected chi connectivity index (χ3v) is 4.48. The fourth-order valence-corrected chi connectivity index (χ4v) is 3.24. The smallest absolute Gasteiger partial charge is 0.356 e. The van der Waals surface area contributed by atoms with Crippen LogP contribution in [0.4, 0.5) is 0 Å². The van der Waals surface area contributed by atoms with Crippen LogP contribution in [0.5, 0.6) is 0 Å². The van der Waals surface area contributed by atoms with Crippen LogP contribution in [0.3, 0.4) is 0 Å². The van der Waals surface area contributed by atoms with E-state index in [1.165, 1.54) is 17.2 Å². The van der Waals surface area contributed by atoms with Crippen molar-refractivity contribution in [1.29, 1.82) is 0 Å². The molecule has 7 nitrogen and oxygen atoms in total. The summed E-state index contributed by atoms with van der Waals surface area (Å²) in [5, 5.41) is 12.8. The van der Waals surface area contributed by atoms with Gasteiger partial charge in [-0.25, -0.2) is 4.79 Å². The zero-order chi connectivity index (χ0) is 15.0. The second kappa shape index (κ2) is 5.48. The molecule has 21 heavy (non-hydrogen) atoms. The number of aromatic nitrogens is 2. The van der Waals surface area contributed by atoms with E-state index in [0.717, 1.165) is 32.6 Å². The maximum Gasteiger partial charge on any atom is 0.356 e. The van der Waals surface area contributed by atoms with Gasteiger partial charge in [0.1, 0.15) is 6.04 Å². The van der Waals surface area contributed by atoms with E-state index in [9.17, 15) is 9.59 Å². The lowest BCUT2D eigenvalue weighted by Gasteiger charge is -2.38. The lowest BCUT2D eigenvalue weighted by atomic mass is 10.1. The molecule has 7 heteroatoms. The number of hydrogen-bond donors (Lipinski definition) is 1. The SMILES string of the molecule is CC(C(=O)N1CCN2CCCC2C1)n1ccc(C(=O)O)n1. The molecule has 3 rings (SSSR count). The van der Waals surface area contributed by atoms with Crippen LogP contribution in [-0.4, -0.2) is 68.8 Å². The number of carbonyl (C=O) groups is 2. The highest BCUT2D eigenvalue weighted by Crippen LogP contribution is 2.23. The van der Waals surface area contributed by atoms with Crippen molar-refractivity contribution in [2.75, 3.05) is 26.2 Å². The summed E-state index contributed by atoms with van der Waals surface area (Å²) in [5.74, 6) is -1.06. The van der Waals surface area contributed by atoms with Crippen molar-refractivity contribution in [2.45, 2.75) is 31.8 Å². The summed E-state index contributed by atoms with van der Waals surface area (Å²) in [6.07, 6.45) is 3.92. The van der Waals surface area contributed by atoms with E-state index in [4.69, 9.17) is 5.11 Å². The van der Waals surface area contributed by atoms with Gasteiger partial charge in [0.25, 0.3) is 0 Å². The molecule has 1 amide bonds. The molecule has 0 aliphatic carbocycles. The number of amides is 1. The first-order valence-electron chi connectivity index (χ1n) is 7.37. The van der Waals surface area contributed by atoms with Gasteiger partial charge in [0.2, 0.25) is 5.91 Å². The minimum Gasteiger partial charge on any atom is -0.476 e. The van der Waals surface area contributed by atoms with Gasteiger partial charge < -0.3 is 10.0 Å². The number of piperazine rings is 1. The quantitative estimate of drug-likeness (QED) is 0.875. The Kier molecular flexibility index (Phi) is 3.67. The monoisotopic (exact) mass is 292 g/mol. The zero-order valence-corrected chi connectivity index (χ0v) is 12.1. The van der Waals surface area contributed by atoms with Crippen LogP contribution >= 0.6 is 0 Å². The fourth-order valence-electron chi connectivity index (χ4n) is 3.24. The number of hydrogen-bond acceptors (Lipinski definition) is 4. The maximum atomic E-state index is 12.6. The van der Waals surface area contributed by atoms with Crippen molar-refractivity contribution in [2.24, 2.45) is 0 Å². The first-order chi connectivity index (χ1) is 10.1. The molecule has 114 valence electrons. The zero-order valence-electron chi connectivity index (χ0n) is 12.1. The van der Waals surface area contributed by atoms with Crippen LogP contribution < -0.4 is 0 Å². The highest BCUT2D eigenvalue weighted by molar-refractivity contribution is 5.85. The van der Waals surface area contributed by atoms with Gasteiger partial charge in [-0.1, -0.05) is 0 Å². The number of nitrogens with zero attached hydrogens (tertiary/aromatic N) is 4. The molecule has 0 radical (unpaired) electrons. The molecule has 1 aromatic rings. The molecule has 0 spiro atoms. The normalized spacial score (nSPS) is 23.9. The molecule has 0 aromatic carbocycles. The van der Waals surface area contributed by atoms with Crippen molar-refractivity contribution in [1.82, 2.24) is 19.6 Å². The third-order valence-electron chi connectivity index (χ3n) is 4.48. The minimum atomic E-state index is -1.08. The topological polar surface area (TPSA) is 78.7 Å². The van der Waals surface area contributed by atoms with Crippen LogP contribution in [0.1, 0.15) is 36.3 Å². The van der Waals surface area contributed by atoms with Crippen molar-refractivity contribution < 1.29 is 14.7 Å². The van der Waals surface area contributed by atoms with Crippen LogP contribution in [0.25, 0.3) is 0 Å². The predicted molar refractivity (Wildman–Crippen MR) is 75.1 cm³/mol.